The standard InChI is InChI=1S/C12H12N2O4S/c15-11-9-4-3-8(7-10(9)12(16)13-11)19(17,18)14-5-1-2-6-14/h3-4,7H,1-2,5-6H2,(H,13,15,16). The van der Waals surface area contributed by atoms with Crippen LogP contribution in [-0.2, 0) is 10.0 Å². The molecule has 1 aromatic rings. The molecule has 7 heteroatoms. The van der Waals surface area contributed by atoms with Gasteiger partial charge in [0.05, 0.1) is 16.0 Å². The molecule has 3 rings (SSSR count). The second kappa shape index (κ2) is 4.14. The van der Waals surface area contributed by atoms with E-state index in [1.807, 2.05) is 0 Å². The summed E-state index contributed by atoms with van der Waals surface area (Å²) in [7, 11) is -3.56. The lowest BCUT2D eigenvalue weighted by Crippen LogP contribution is -2.28. The van der Waals surface area contributed by atoms with Crippen LogP contribution in [0, 0.1) is 0 Å². The molecular formula is C12H12N2O4S. The fraction of sp³-hybridized carbons (Fsp3) is 0.333. The van der Waals surface area contributed by atoms with E-state index in [1.54, 1.807) is 0 Å². The number of sulfonamides is 1. The van der Waals surface area contributed by atoms with Crippen LogP contribution in [-0.4, -0.2) is 37.6 Å². The molecule has 0 atom stereocenters. The van der Waals surface area contributed by atoms with Gasteiger partial charge in [-0.15, -0.1) is 0 Å². The molecule has 100 valence electrons. The lowest BCUT2D eigenvalue weighted by molar-refractivity contribution is 0.0879. The Labute approximate surface area is 110 Å². The average Bonchev–Trinajstić information content (AvgIpc) is 2.99. The zero-order chi connectivity index (χ0) is 13.6. The minimum Gasteiger partial charge on any atom is -0.288 e. The fourth-order valence-electron chi connectivity index (χ4n) is 2.39. The van der Waals surface area contributed by atoms with Gasteiger partial charge in [0.1, 0.15) is 0 Å². The van der Waals surface area contributed by atoms with Gasteiger partial charge < -0.3 is 0 Å². The summed E-state index contributed by atoms with van der Waals surface area (Å²) in [6.07, 6.45) is 1.70. The summed E-state index contributed by atoms with van der Waals surface area (Å²) in [5, 5.41) is 2.14. The van der Waals surface area contributed by atoms with Crippen LogP contribution >= 0.6 is 0 Å². The topological polar surface area (TPSA) is 83.5 Å². The van der Waals surface area contributed by atoms with Gasteiger partial charge in [0.15, 0.2) is 0 Å². The zero-order valence-electron chi connectivity index (χ0n) is 10.0. The third kappa shape index (κ3) is 1.85. The van der Waals surface area contributed by atoms with Crippen molar-refractivity contribution >= 4 is 21.8 Å². The fourth-order valence-corrected chi connectivity index (χ4v) is 3.93. The van der Waals surface area contributed by atoms with Gasteiger partial charge >= 0.3 is 0 Å². The van der Waals surface area contributed by atoms with Crippen LogP contribution < -0.4 is 5.32 Å². The van der Waals surface area contributed by atoms with Gasteiger partial charge in [-0.3, -0.25) is 14.9 Å². The maximum Gasteiger partial charge on any atom is 0.258 e. The number of nitrogens with zero attached hydrogens (tertiary/aromatic N) is 1. The first kappa shape index (κ1) is 12.3. The number of amides is 2. The van der Waals surface area contributed by atoms with E-state index in [0.717, 1.165) is 12.8 Å². The normalized spacial score (nSPS) is 19.6. The molecule has 1 fully saturated rings. The van der Waals surface area contributed by atoms with Crippen LogP contribution in [0.15, 0.2) is 23.1 Å². The molecule has 0 radical (unpaired) electrons. The molecule has 2 amide bonds. The first-order valence-corrected chi connectivity index (χ1v) is 7.44. The second-order valence-electron chi connectivity index (χ2n) is 4.60. The van der Waals surface area contributed by atoms with Crippen LogP contribution in [0.4, 0.5) is 0 Å². The first-order valence-electron chi connectivity index (χ1n) is 6.00. The number of carbonyl (C=O) groups excluding carboxylic acids is 2. The Balaban J connectivity index is 2.06. The Bertz CT molecular complexity index is 675. The van der Waals surface area contributed by atoms with Gasteiger partial charge in [0, 0.05) is 13.1 Å². The largest absolute Gasteiger partial charge is 0.288 e. The van der Waals surface area contributed by atoms with E-state index in [-0.39, 0.29) is 16.0 Å². The van der Waals surface area contributed by atoms with E-state index < -0.39 is 21.8 Å². The van der Waals surface area contributed by atoms with Gasteiger partial charge in [0.2, 0.25) is 10.0 Å². The van der Waals surface area contributed by atoms with E-state index in [2.05, 4.69) is 5.32 Å². The number of hydrogen-bond donors (Lipinski definition) is 1. The first-order chi connectivity index (χ1) is 9.00. The lowest BCUT2D eigenvalue weighted by Gasteiger charge is -2.15. The van der Waals surface area contributed by atoms with Crippen molar-refractivity contribution in [2.75, 3.05) is 13.1 Å². The molecule has 1 saturated heterocycles. The summed E-state index contributed by atoms with van der Waals surface area (Å²) in [6.45, 7) is 1.01. The lowest BCUT2D eigenvalue weighted by atomic mass is 10.1. The Morgan fingerprint density at radius 3 is 2.32 bits per heavy atom. The molecule has 2 heterocycles. The van der Waals surface area contributed by atoms with Crippen LogP contribution in [0.3, 0.4) is 0 Å². The molecule has 0 aliphatic carbocycles. The second-order valence-corrected chi connectivity index (χ2v) is 6.54. The number of carbonyl (C=O) groups is 2. The van der Waals surface area contributed by atoms with Crippen molar-refractivity contribution in [1.29, 1.82) is 0 Å². The van der Waals surface area contributed by atoms with E-state index in [1.165, 1.54) is 22.5 Å². The molecule has 0 bridgehead atoms. The van der Waals surface area contributed by atoms with Crippen molar-refractivity contribution < 1.29 is 18.0 Å². The Hall–Kier alpha value is -1.73. The van der Waals surface area contributed by atoms with Crippen LogP contribution in [0.1, 0.15) is 33.6 Å². The Morgan fingerprint density at radius 1 is 1.00 bits per heavy atom. The number of rotatable bonds is 2. The highest BCUT2D eigenvalue weighted by Gasteiger charge is 2.31. The molecule has 1 N–H and O–H groups in total. The summed E-state index contributed by atoms with van der Waals surface area (Å²) in [5.74, 6) is -1.02. The van der Waals surface area contributed by atoms with E-state index in [0.29, 0.717) is 13.1 Å². The molecule has 2 aliphatic heterocycles. The van der Waals surface area contributed by atoms with Crippen LogP contribution in [0.2, 0.25) is 0 Å². The number of hydrogen-bond acceptors (Lipinski definition) is 4. The number of nitrogens with one attached hydrogen (secondary N) is 1. The SMILES string of the molecule is O=C1NC(=O)c2cc(S(=O)(=O)N3CCCC3)ccc21. The highest BCUT2D eigenvalue weighted by Crippen LogP contribution is 2.24. The molecule has 1 aromatic carbocycles. The molecular weight excluding hydrogens is 268 g/mol. The quantitative estimate of drug-likeness (QED) is 0.793. The molecule has 6 nitrogen and oxygen atoms in total. The van der Waals surface area contributed by atoms with Crippen molar-refractivity contribution in [3.05, 3.63) is 29.3 Å². The number of benzene rings is 1. The predicted molar refractivity (Wildman–Crippen MR) is 66.2 cm³/mol. The molecule has 19 heavy (non-hydrogen) atoms. The maximum absolute atomic E-state index is 12.3. The highest BCUT2D eigenvalue weighted by atomic mass is 32.2. The molecule has 0 spiro atoms. The predicted octanol–water partition coefficient (Wildman–Crippen LogP) is 0.355. The monoisotopic (exact) mass is 280 g/mol. The molecule has 0 saturated carbocycles. The van der Waals surface area contributed by atoms with Gasteiger partial charge in [-0.05, 0) is 31.0 Å². The molecule has 0 unspecified atom stereocenters. The minimum absolute atomic E-state index is 0.0676. The number of imide groups is 1. The molecule has 2 aliphatic rings. The summed E-state index contributed by atoms with van der Waals surface area (Å²) < 4.78 is 26.1. The minimum atomic E-state index is -3.56. The van der Waals surface area contributed by atoms with Gasteiger partial charge in [-0.2, -0.15) is 4.31 Å². The van der Waals surface area contributed by atoms with Crippen molar-refractivity contribution in [2.24, 2.45) is 0 Å². The smallest absolute Gasteiger partial charge is 0.258 e. The third-order valence-electron chi connectivity index (χ3n) is 3.41. The van der Waals surface area contributed by atoms with Crippen molar-refractivity contribution in [3.8, 4) is 0 Å². The molecule has 0 aromatic heterocycles. The summed E-state index contributed by atoms with van der Waals surface area (Å²) in [6, 6.07) is 4.05. The summed E-state index contributed by atoms with van der Waals surface area (Å²) in [5.41, 5.74) is 0.357. The van der Waals surface area contributed by atoms with Crippen LogP contribution in [0.5, 0.6) is 0 Å². The third-order valence-corrected chi connectivity index (χ3v) is 5.30. The summed E-state index contributed by atoms with van der Waals surface area (Å²) >= 11 is 0. The number of fused-ring (bicyclic) bond motifs is 1. The van der Waals surface area contributed by atoms with E-state index >= 15 is 0 Å². The van der Waals surface area contributed by atoms with Crippen molar-refractivity contribution in [1.82, 2.24) is 9.62 Å². The highest BCUT2D eigenvalue weighted by molar-refractivity contribution is 7.89. The van der Waals surface area contributed by atoms with Crippen LogP contribution in [0.25, 0.3) is 0 Å². The Morgan fingerprint density at radius 2 is 1.63 bits per heavy atom. The van der Waals surface area contributed by atoms with E-state index in [9.17, 15) is 18.0 Å². The van der Waals surface area contributed by atoms with Gasteiger partial charge in [0.25, 0.3) is 11.8 Å². The van der Waals surface area contributed by atoms with E-state index in [4.69, 9.17) is 0 Å². The van der Waals surface area contributed by atoms with Gasteiger partial charge in [-0.25, -0.2) is 8.42 Å². The zero-order valence-corrected chi connectivity index (χ0v) is 10.9. The van der Waals surface area contributed by atoms with Crippen molar-refractivity contribution in [3.63, 3.8) is 0 Å². The summed E-state index contributed by atoms with van der Waals surface area (Å²) in [4.78, 5) is 23.0. The maximum atomic E-state index is 12.3. The Kier molecular flexibility index (Phi) is 2.68. The van der Waals surface area contributed by atoms with Crippen molar-refractivity contribution in [2.45, 2.75) is 17.7 Å². The average molecular weight is 280 g/mol. The van der Waals surface area contributed by atoms with Gasteiger partial charge in [-0.1, -0.05) is 0 Å².